The van der Waals surface area contributed by atoms with E-state index in [2.05, 4.69) is 5.10 Å². The standard InChI is InChI=1S/C27H23ClF3N3O4S/c28-19-8-7-17(20(12-19)27(29,30)31)14-33-21-9-6-15(10-18(21)13-32-33)11-22-24(35)34(26(38)39-22)23(25(36)37)16-4-2-1-3-5-16/h6-13,16,23H,1-5,14H2,(H,36,37)/b22-11-. The number of aliphatic carboxylic acids is 1. The molecule has 2 amide bonds. The van der Waals surface area contributed by atoms with Crippen molar-refractivity contribution in [3.05, 3.63) is 69.2 Å². The third kappa shape index (κ3) is 5.56. The molecular formula is C27H23ClF3N3O4S. The average molecular weight is 578 g/mol. The number of thioether (sulfide) groups is 1. The molecule has 7 nitrogen and oxygen atoms in total. The van der Waals surface area contributed by atoms with Crippen molar-refractivity contribution >= 4 is 57.5 Å². The Labute approximate surface area is 230 Å². The first-order valence-corrected chi connectivity index (χ1v) is 13.5. The lowest BCUT2D eigenvalue weighted by Crippen LogP contribution is -2.49. The van der Waals surface area contributed by atoms with E-state index in [1.165, 1.54) is 29.1 Å². The Morgan fingerprint density at radius 1 is 1.15 bits per heavy atom. The van der Waals surface area contributed by atoms with Crippen LogP contribution in [-0.2, 0) is 22.3 Å². The molecule has 1 aliphatic carbocycles. The Hall–Kier alpha value is -3.31. The van der Waals surface area contributed by atoms with Crippen LogP contribution in [0.1, 0.15) is 48.8 Å². The summed E-state index contributed by atoms with van der Waals surface area (Å²) in [5, 5.41) is 14.1. The zero-order valence-corrected chi connectivity index (χ0v) is 22.0. The topological polar surface area (TPSA) is 92.5 Å². The third-order valence-corrected chi connectivity index (χ3v) is 8.23. The van der Waals surface area contributed by atoms with Crippen LogP contribution in [0.3, 0.4) is 0 Å². The predicted octanol–water partition coefficient (Wildman–Crippen LogP) is 6.83. The quantitative estimate of drug-likeness (QED) is 0.323. The Kier molecular flexibility index (Phi) is 7.47. The van der Waals surface area contributed by atoms with Gasteiger partial charge in [0.15, 0.2) is 0 Å². The highest BCUT2D eigenvalue weighted by Gasteiger charge is 2.46. The van der Waals surface area contributed by atoms with Crippen LogP contribution in [0.4, 0.5) is 18.0 Å². The van der Waals surface area contributed by atoms with Gasteiger partial charge in [-0.3, -0.25) is 19.2 Å². The summed E-state index contributed by atoms with van der Waals surface area (Å²) in [5.74, 6) is -2.10. The second kappa shape index (κ2) is 10.7. The van der Waals surface area contributed by atoms with Gasteiger partial charge in [-0.25, -0.2) is 4.79 Å². The molecule has 1 aliphatic heterocycles. The van der Waals surface area contributed by atoms with E-state index in [0.717, 1.165) is 30.2 Å². The minimum Gasteiger partial charge on any atom is -0.480 e. The number of aromatic nitrogens is 2. The summed E-state index contributed by atoms with van der Waals surface area (Å²) in [6, 6.07) is 7.44. The van der Waals surface area contributed by atoms with Crippen molar-refractivity contribution in [2.24, 2.45) is 5.92 Å². The van der Waals surface area contributed by atoms with Gasteiger partial charge in [0.1, 0.15) is 6.04 Å². The maximum absolute atomic E-state index is 13.5. The summed E-state index contributed by atoms with van der Waals surface area (Å²) in [7, 11) is 0. The number of nitrogens with zero attached hydrogens (tertiary/aromatic N) is 3. The first-order valence-electron chi connectivity index (χ1n) is 12.3. The Morgan fingerprint density at radius 3 is 2.59 bits per heavy atom. The molecule has 1 saturated carbocycles. The van der Waals surface area contributed by atoms with Crippen LogP contribution >= 0.6 is 23.4 Å². The molecule has 2 aromatic carbocycles. The molecule has 39 heavy (non-hydrogen) atoms. The molecule has 0 bridgehead atoms. The highest BCUT2D eigenvalue weighted by atomic mass is 35.5. The van der Waals surface area contributed by atoms with Crippen LogP contribution < -0.4 is 0 Å². The molecule has 1 saturated heterocycles. The van der Waals surface area contributed by atoms with Crippen LogP contribution in [0.2, 0.25) is 5.02 Å². The molecule has 3 aromatic rings. The van der Waals surface area contributed by atoms with Crippen LogP contribution in [0, 0.1) is 5.92 Å². The van der Waals surface area contributed by atoms with Crippen molar-refractivity contribution in [1.82, 2.24) is 14.7 Å². The molecule has 12 heteroatoms. The number of carbonyl (C=O) groups is 3. The second-order valence-corrected chi connectivity index (χ2v) is 11.1. The van der Waals surface area contributed by atoms with E-state index in [1.807, 2.05) is 0 Å². The number of halogens is 4. The summed E-state index contributed by atoms with van der Waals surface area (Å²) in [4.78, 5) is 38.9. The fraction of sp³-hybridized carbons (Fsp3) is 0.333. The van der Waals surface area contributed by atoms with Gasteiger partial charge in [0.05, 0.1) is 28.7 Å². The van der Waals surface area contributed by atoms with Crippen molar-refractivity contribution in [3.63, 3.8) is 0 Å². The number of benzene rings is 2. The molecule has 2 aliphatic rings. The molecule has 2 fully saturated rings. The SMILES string of the molecule is O=C(O)C(C1CCCCC1)N1C(=O)S/C(=C\c2ccc3c(cnn3Cc3ccc(Cl)cc3C(F)(F)F)c2)C1=O. The lowest BCUT2D eigenvalue weighted by atomic mass is 9.83. The number of hydrogen-bond acceptors (Lipinski definition) is 5. The lowest BCUT2D eigenvalue weighted by Gasteiger charge is -2.31. The first kappa shape index (κ1) is 27.3. The largest absolute Gasteiger partial charge is 0.480 e. The average Bonchev–Trinajstić information content (AvgIpc) is 3.40. The number of fused-ring (bicyclic) bond motifs is 1. The second-order valence-electron chi connectivity index (χ2n) is 9.65. The summed E-state index contributed by atoms with van der Waals surface area (Å²) in [6.45, 7) is -0.133. The summed E-state index contributed by atoms with van der Waals surface area (Å²) in [5.41, 5.74) is 0.325. The molecule has 1 unspecified atom stereocenters. The zero-order chi connectivity index (χ0) is 27.9. The molecule has 2 heterocycles. The fourth-order valence-corrected chi connectivity index (χ4v) is 6.31. The molecule has 1 aromatic heterocycles. The summed E-state index contributed by atoms with van der Waals surface area (Å²) < 4.78 is 42.0. The van der Waals surface area contributed by atoms with Gasteiger partial charge in [0.2, 0.25) is 0 Å². The Morgan fingerprint density at radius 2 is 1.90 bits per heavy atom. The number of imide groups is 1. The number of hydrogen-bond donors (Lipinski definition) is 1. The molecule has 0 spiro atoms. The van der Waals surface area contributed by atoms with E-state index in [9.17, 15) is 32.7 Å². The van der Waals surface area contributed by atoms with Gasteiger partial charge in [-0.1, -0.05) is 43.0 Å². The molecule has 1 atom stereocenters. The smallest absolute Gasteiger partial charge is 0.416 e. The van der Waals surface area contributed by atoms with Crippen molar-refractivity contribution in [2.75, 3.05) is 0 Å². The minimum atomic E-state index is -4.57. The number of carbonyl (C=O) groups excluding carboxylic acids is 2. The fourth-order valence-electron chi connectivity index (χ4n) is 5.28. The van der Waals surface area contributed by atoms with Crippen LogP contribution in [0.15, 0.2) is 47.5 Å². The first-order chi connectivity index (χ1) is 18.5. The van der Waals surface area contributed by atoms with E-state index in [0.29, 0.717) is 41.1 Å². The molecule has 1 N–H and O–H groups in total. The number of carboxylic acid groups (broad SMARTS) is 1. The van der Waals surface area contributed by atoms with E-state index >= 15 is 0 Å². The van der Waals surface area contributed by atoms with Gasteiger partial charge in [0.25, 0.3) is 11.1 Å². The van der Waals surface area contributed by atoms with Gasteiger partial charge in [-0.15, -0.1) is 0 Å². The highest BCUT2D eigenvalue weighted by Crippen LogP contribution is 2.39. The van der Waals surface area contributed by atoms with Crippen LogP contribution in [-0.4, -0.2) is 42.9 Å². The lowest BCUT2D eigenvalue weighted by molar-refractivity contribution is -0.148. The van der Waals surface area contributed by atoms with Gasteiger partial charge in [-0.05, 0) is 72.0 Å². The number of carboxylic acids is 1. The number of amides is 2. The monoisotopic (exact) mass is 577 g/mol. The normalized spacial score (nSPS) is 18.9. The van der Waals surface area contributed by atoms with Crippen molar-refractivity contribution in [1.29, 1.82) is 0 Å². The molecular weight excluding hydrogens is 555 g/mol. The van der Waals surface area contributed by atoms with Crippen molar-refractivity contribution in [2.45, 2.75) is 50.9 Å². The predicted molar refractivity (Wildman–Crippen MR) is 141 cm³/mol. The van der Waals surface area contributed by atoms with E-state index in [-0.39, 0.29) is 28.0 Å². The number of alkyl halides is 3. The maximum Gasteiger partial charge on any atom is 0.416 e. The Bertz CT molecular complexity index is 1500. The van der Waals surface area contributed by atoms with E-state index < -0.39 is 34.9 Å². The minimum absolute atomic E-state index is 0.0144. The summed E-state index contributed by atoms with van der Waals surface area (Å²) >= 11 is 6.48. The molecule has 5 rings (SSSR count). The van der Waals surface area contributed by atoms with Crippen LogP contribution in [0.5, 0.6) is 0 Å². The Balaban J connectivity index is 1.40. The van der Waals surface area contributed by atoms with Crippen LogP contribution in [0.25, 0.3) is 17.0 Å². The van der Waals surface area contributed by atoms with Crippen molar-refractivity contribution in [3.8, 4) is 0 Å². The van der Waals surface area contributed by atoms with Gasteiger partial charge in [-0.2, -0.15) is 18.3 Å². The van der Waals surface area contributed by atoms with E-state index in [1.54, 1.807) is 18.2 Å². The zero-order valence-electron chi connectivity index (χ0n) is 20.4. The van der Waals surface area contributed by atoms with E-state index in [4.69, 9.17) is 11.6 Å². The highest BCUT2D eigenvalue weighted by molar-refractivity contribution is 8.18. The van der Waals surface area contributed by atoms with Crippen molar-refractivity contribution < 1.29 is 32.7 Å². The van der Waals surface area contributed by atoms with Gasteiger partial charge in [0, 0.05) is 10.4 Å². The van der Waals surface area contributed by atoms with Gasteiger partial charge >= 0.3 is 12.1 Å². The number of rotatable bonds is 6. The molecule has 0 radical (unpaired) electrons. The van der Waals surface area contributed by atoms with Gasteiger partial charge < -0.3 is 5.11 Å². The molecule has 204 valence electrons. The maximum atomic E-state index is 13.5. The third-order valence-electron chi connectivity index (χ3n) is 7.11. The summed E-state index contributed by atoms with van der Waals surface area (Å²) in [6.07, 6.45) is 2.49.